The standard InChI is InChI=1S/C35H32BN3O2.C34H23N5O2.C29H20BrN3.C12H24B2O4.C5H3BrN2O2.B/c1-33(2)34(3,4)41-36(40-33)31-21-20-28-29-24-37-23-22-30(29)39(32(28)38-31)35(25-14-8-5-9-15-25,26-16-10-6-11-17-26)27-18-12-7-13-19-27;40-39(41)32-28(17-10-21-36-32)30-19-18-27-29-23-35-22-20-31(29)38(33(27)37-30)34(24-11-4-1-5-12-24,25-13-6-2-7-14-25)26-15-8-3-9-16-26;30-27-17-16-24-25-20-31-19-18-26(25)33(28(24)32-27)29(21-10-4-1-5-11-21,22-12-6-2-7-13-22)23-14-8-3-9-15-23;1-9(2)10(3,4)16-13(15-9)14-17-11(5,6)12(7,8)18-14;6-4-2-1-3-7-5(4)8(9)10;/h5-24H,1-4H3;1-23H;1-20H;1-8H3;1-3H;. The Hall–Kier alpha value is -14.6. The average molecular weight is 2030 g/mol. The molecule has 3 radical (unpaired) electrons. The number of fused-ring (bicyclic) bond motifs is 9. The summed E-state index contributed by atoms with van der Waals surface area (Å²) in [4.78, 5) is 57.5. The summed E-state index contributed by atoms with van der Waals surface area (Å²) >= 11 is 6.61. The molecule has 713 valence electrons. The van der Waals surface area contributed by atoms with Gasteiger partial charge in [-0.05, 0) is 264 Å². The lowest BCUT2D eigenvalue weighted by molar-refractivity contribution is -0.390. The largest absolute Gasteiger partial charge is 0.514 e. The number of pyridine rings is 8. The Balaban J connectivity index is 0.000000125. The van der Waals surface area contributed by atoms with Crippen molar-refractivity contribution in [3.63, 3.8) is 0 Å². The quantitative estimate of drug-likeness (QED) is 0.0270. The van der Waals surface area contributed by atoms with Crippen LogP contribution < -0.4 is 5.59 Å². The van der Waals surface area contributed by atoms with Crippen molar-refractivity contribution in [1.82, 2.24) is 53.6 Å². The van der Waals surface area contributed by atoms with E-state index in [1.165, 1.54) is 29.1 Å². The average Bonchev–Trinajstić information content (AvgIpc) is 1.54. The molecule has 9 aromatic carbocycles. The number of hydrogen-bond donors (Lipinski definition) is 0. The maximum Gasteiger partial charge on any atom is 0.514 e. The summed E-state index contributed by atoms with van der Waals surface area (Å²) in [6.07, 6.45) is 14.0. The van der Waals surface area contributed by atoms with E-state index in [9.17, 15) is 20.2 Å². The first-order chi connectivity index (χ1) is 68.9. The molecule has 11 aromatic heterocycles. The molecular formula is C115H102B4Br2N13O10. The highest BCUT2D eigenvalue weighted by molar-refractivity contribution is 9.10. The van der Waals surface area contributed by atoms with Crippen LogP contribution in [0.3, 0.4) is 0 Å². The van der Waals surface area contributed by atoms with Crippen molar-refractivity contribution >= 4 is 144 Å². The molecule has 29 heteroatoms. The highest BCUT2D eigenvalue weighted by atomic mass is 79.9. The molecule has 3 saturated heterocycles. The zero-order chi connectivity index (χ0) is 99.9. The van der Waals surface area contributed by atoms with Crippen LogP contribution in [0.4, 0.5) is 11.6 Å². The molecule has 23 rings (SSSR count). The fraction of sp³-hybridized carbons (Fsp3) is 0.183. The molecule has 0 N–H and O–H groups in total. The highest BCUT2D eigenvalue weighted by Crippen LogP contribution is 2.52. The minimum Gasteiger partial charge on any atom is -0.405 e. The molecule has 3 aliphatic heterocycles. The minimum absolute atomic E-state index is 0. The van der Waals surface area contributed by atoms with Crippen molar-refractivity contribution in [2.24, 2.45) is 0 Å². The molecule has 144 heavy (non-hydrogen) atoms. The topological polar surface area (TPSA) is 260 Å². The van der Waals surface area contributed by atoms with Crippen LogP contribution in [0.5, 0.6) is 0 Å². The van der Waals surface area contributed by atoms with E-state index in [1.54, 1.807) is 30.5 Å². The van der Waals surface area contributed by atoms with E-state index >= 15 is 0 Å². The third-order valence-corrected chi connectivity index (χ3v) is 29.4. The summed E-state index contributed by atoms with van der Waals surface area (Å²) in [5.41, 5.74) is 12.6. The van der Waals surface area contributed by atoms with Gasteiger partial charge in [0.05, 0.1) is 67.0 Å². The van der Waals surface area contributed by atoms with Crippen molar-refractivity contribution in [2.75, 3.05) is 0 Å². The lowest BCUT2D eigenvalue weighted by Crippen LogP contribution is -2.41. The SMILES string of the molecule is Brc1ccc2c3cnccc3n(C(c3ccccc3)(c3ccccc3)c3ccccc3)c2n1.CC1(C)OB(B2OC(C)(C)C(C)(C)O2)OC1(C)C.CC1(C)OB(c2ccc3c4cnccc4n(C(c4ccccc4)(c4ccccc4)c4ccccc4)c3n2)OC1(C)C.O=[N+]([O-])c1ncccc1-c1ccc2c3cnccc3n(C(c3ccccc3)(c3ccccc3)c3ccccc3)c2n1.O=[N+]([O-])c1ncccc1Br.[B]. The number of nitro groups is 2. The van der Waals surface area contributed by atoms with Gasteiger partial charge in [-0.15, -0.1) is 0 Å². The van der Waals surface area contributed by atoms with Crippen LogP contribution in [0.2, 0.25) is 0 Å². The molecule has 23 nitrogen and oxygen atoms in total. The number of halogens is 2. The van der Waals surface area contributed by atoms with E-state index in [1.807, 2.05) is 171 Å². The zero-order valence-electron chi connectivity index (χ0n) is 81.6. The maximum absolute atomic E-state index is 11.9. The predicted molar refractivity (Wildman–Crippen MR) is 579 cm³/mol. The normalized spacial score (nSPS) is 15.3. The number of hydrogen-bond acceptors (Lipinski definition) is 18. The van der Waals surface area contributed by atoms with Crippen molar-refractivity contribution in [3.8, 4) is 11.3 Å². The smallest absolute Gasteiger partial charge is 0.405 e. The molecule has 14 heterocycles. The summed E-state index contributed by atoms with van der Waals surface area (Å²) in [6.45, 7) is 24.5. The molecule has 0 atom stereocenters. The van der Waals surface area contributed by atoms with Gasteiger partial charge in [0.15, 0.2) is 0 Å². The summed E-state index contributed by atoms with van der Waals surface area (Å²) < 4.78 is 45.0. The Morgan fingerprint density at radius 1 is 0.292 bits per heavy atom. The van der Waals surface area contributed by atoms with Crippen LogP contribution >= 0.6 is 31.9 Å². The number of benzene rings is 9. The van der Waals surface area contributed by atoms with Gasteiger partial charge < -0.3 is 61.9 Å². The Morgan fingerprint density at radius 3 is 0.861 bits per heavy atom. The van der Waals surface area contributed by atoms with E-state index in [4.69, 9.17) is 42.9 Å². The molecule has 0 aliphatic carbocycles. The summed E-state index contributed by atoms with van der Waals surface area (Å²) in [6, 6.07) is 120. The Morgan fingerprint density at radius 2 is 0.562 bits per heavy atom. The third kappa shape index (κ3) is 18.0. The van der Waals surface area contributed by atoms with Gasteiger partial charge in [-0.1, -0.05) is 273 Å². The molecule has 3 fully saturated rings. The molecule has 3 aliphatic rings. The summed E-state index contributed by atoms with van der Waals surface area (Å²) in [7, 11) is -1.53. The van der Waals surface area contributed by atoms with E-state index in [-0.39, 0.29) is 42.5 Å². The molecule has 0 saturated carbocycles. The van der Waals surface area contributed by atoms with Crippen molar-refractivity contribution in [1.29, 1.82) is 0 Å². The van der Waals surface area contributed by atoms with Crippen LogP contribution in [0.25, 0.3) is 77.1 Å². The van der Waals surface area contributed by atoms with Crippen LogP contribution in [-0.4, -0.2) is 127 Å². The first kappa shape index (κ1) is 99.5. The van der Waals surface area contributed by atoms with E-state index in [2.05, 4.69) is 341 Å². The van der Waals surface area contributed by atoms with Crippen molar-refractivity contribution in [2.45, 2.75) is 133 Å². The van der Waals surface area contributed by atoms with Crippen molar-refractivity contribution < 1.29 is 37.8 Å². The maximum atomic E-state index is 11.9. The minimum atomic E-state index is -0.836. The second-order valence-corrected chi connectivity index (χ2v) is 40.0. The Bertz CT molecular complexity index is 7640. The molecule has 0 unspecified atom stereocenters. The van der Waals surface area contributed by atoms with E-state index in [0.717, 1.165) is 104 Å². The summed E-state index contributed by atoms with van der Waals surface area (Å²) in [5.74, 6) is -0.383. The van der Waals surface area contributed by atoms with Crippen LogP contribution in [0, 0.1) is 20.2 Å². The number of nitrogens with zero attached hydrogens (tertiary/aromatic N) is 13. The first-order valence-corrected chi connectivity index (χ1v) is 48.8. The van der Waals surface area contributed by atoms with Gasteiger partial charge in [0.25, 0.3) is 0 Å². The molecule has 0 bridgehead atoms. The van der Waals surface area contributed by atoms with Gasteiger partial charge in [-0.3, -0.25) is 15.0 Å². The molecule has 20 aromatic rings. The Labute approximate surface area is 855 Å². The van der Waals surface area contributed by atoms with Crippen LogP contribution in [0.15, 0.2) is 410 Å². The molecule has 0 amide bonds. The van der Waals surface area contributed by atoms with Gasteiger partial charge in [0.1, 0.15) is 55.0 Å². The summed E-state index contributed by atoms with van der Waals surface area (Å²) in [5, 5.41) is 28.1. The lowest BCUT2D eigenvalue weighted by Gasteiger charge is -2.38. The van der Waals surface area contributed by atoms with E-state index < -0.39 is 58.8 Å². The van der Waals surface area contributed by atoms with Crippen LogP contribution in [0.1, 0.15) is 133 Å². The predicted octanol–water partition coefficient (Wildman–Crippen LogP) is 24.9. The number of aromatic nitrogens is 11. The van der Waals surface area contributed by atoms with Gasteiger partial charge >= 0.3 is 32.8 Å². The monoisotopic (exact) mass is 2030 g/mol. The fourth-order valence-electron chi connectivity index (χ4n) is 19.5. The van der Waals surface area contributed by atoms with Gasteiger partial charge in [-0.25, -0.2) is 15.0 Å². The van der Waals surface area contributed by atoms with Crippen LogP contribution in [-0.2, 0) is 44.5 Å². The first-order valence-electron chi connectivity index (χ1n) is 47.3. The van der Waals surface area contributed by atoms with Gasteiger partial charge in [-0.2, -0.15) is 0 Å². The van der Waals surface area contributed by atoms with Gasteiger partial charge in [0.2, 0.25) is 0 Å². The fourth-order valence-corrected chi connectivity index (χ4v) is 20.2. The van der Waals surface area contributed by atoms with Gasteiger partial charge in [0, 0.05) is 77.9 Å². The molecular weight excluding hydrogens is 1930 g/mol. The highest BCUT2D eigenvalue weighted by Gasteiger charge is 2.64. The Kier molecular flexibility index (Phi) is 27.8. The second-order valence-electron chi connectivity index (χ2n) is 38.3. The molecule has 0 spiro atoms. The lowest BCUT2D eigenvalue weighted by atomic mass is 9.49. The number of rotatable bonds is 17. The third-order valence-electron chi connectivity index (χ3n) is 28.4. The second kappa shape index (κ2) is 40.3. The zero-order valence-corrected chi connectivity index (χ0v) is 84.7. The van der Waals surface area contributed by atoms with E-state index in [0.29, 0.717) is 21.4 Å². The van der Waals surface area contributed by atoms with Crippen molar-refractivity contribution in [3.05, 3.63) is 481 Å².